The third-order valence-corrected chi connectivity index (χ3v) is 3.67. The summed E-state index contributed by atoms with van der Waals surface area (Å²) in [5.41, 5.74) is -0.426. The van der Waals surface area contributed by atoms with E-state index in [1.807, 2.05) is 20.8 Å². The number of carbonyl (C=O) groups is 1. The summed E-state index contributed by atoms with van der Waals surface area (Å²) in [6.45, 7) is 7.20. The molecule has 1 aliphatic carbocycles. The minimum absolute atomic E-state index is 0.171. The van der Waals surface area contributed by atoms with E-state index in [-0.39, 0.29) is 12.2 Å². The Balaban J connectivity index is 1.91. The number of aliphatic hydroxyl groups is 1. The van der Waals surface area contributed by atoms with E-state index in [4.69, 9.17) is 4.74 Å². The maximum absolute atomic E-state index is 11.9. The van der Waals surface area contributed by atoms with Crippen LogP contribution in [0.5, 0.6) is 0 Å². The number of fused-ring (bicyclic) bond motifs is 1. The molecule has 2 aliphatic rings. The smallest absolute Gasteiger partial charge is 0.410 e. The molecule has 98 valence electrons. The summed E-state index contributed by atoms with van der Waals surface area (Å²) in [5.74, 6) is 1.03. The Labute approximate surface area is 103 Å². The standard InChI is InChI=1S/C13H23NO3/c1-13(2,3)17-12(16)14-7-9-4-5-11(15)6-10(9)8-14/h9-11,15H,4-8H2,1-3H3/t9?,10-,11-/m1/s1. The summed E-state index contributed by atoms with van der Waals surface area (Å²) >= 11 is 0. The minimum atomic E-state index is -0.426. The highest BCUT2D eigenvalue weighted by Crippen LogP contribution is 2.36. The largest absolute Gasteiger partial charge is 0.444 e. The SMILES string of the molecule is CC(C)(C)OC(=O)N1CC2CC[C@@H](O)C[C@@H]2C1. The van der Waals surface area contributed by atoms with Crippen molar-refractivity contribution in [3.8, 4) is 0 Å². The number of ether oxygens (including phenoxy) is 1. The second-order valence-electron chi connectivity index (χ2n) is 6.37. The summed E-state index contributed by atoms with van der Waals surface area (Å²) in [6.07, 6.45) is 2.37. The van der Waals surface area contributed by atoms with Crippen LogP contribution in [0.1, 0.15) is 40.0 Å². The molecule has 17 heavy (non-hydrogen) atoms. The highest BCUT2D eigenvalue weighted by atomic mass is 16.6. The van der Waals surface area contributed by atoms with E-state index >= 15 is 0 Å². The highest BCUT2D eigenvalue weighted by molar-refractivity contribution is 5.68. The van der Waals surface area contributed by atoms with Crippen LogP contribution < -0.4 is 0 Å². The number of rotatable bonds is 0. The number of hydrogen-bond donors (Lipinski definition) is 1. The van der Waals surface area contributed by atoms with E-state index in [9.17, 15) is 9.90 Å². The fraction of sp³-hybridized carbons (Fsp3) is 0.923. The summed E-state index contributed by atoms with van der Waals surface area (Å²) in [5, 5.41) is 9.63. The van der Waals surface area contributed by atoms with Gasteiger partial charge in [-0.15, -0.1) is 0 Å². The van der Waals surface area contributed by atoms with E-state index in [0.717, 1.165) is 32.4 Å². The van der Waals surface area contributed by atoms with Gasteiger partial charge in [0, 0.05) is 13.1 Å². The van der Waals surface area contributed by atoms with Gasteiger partial charge in [-0.1, -0.05) is 0 Å². The van der Waals surface area contributed by atoms with Crippen molar-refractivity contribution in [2.24, 2.45) is 11.8 Å². The van der Waals surface area contributed by atoms with Crippen LogP contribution in [0.25, 0.3) is 0 Å². The molecule has 4 heteroatoms. The third-order valence-electron chi connectivity index (χ3n) is 3.67. The Morgan fingerprint density at radius 3 is 2.53 bits per heavy atom. The van der Waals surface area contributed by atoms with E-state index in [2.05, 4.69) is 0 Å². The number of hydrogen-bond acceptors (Lipinski definition) is 3. The molecule has 1 saturated carbocycles. The zero-order valence-corrected chi connectivity index (χ0v) is 11.0. The number of likely N-dealkylation sites (tertiary alicyclic amines) is 1. The van der Waals surface area contributed by atoms with Crippen molar-refractivity contribution in [1.29, 1.82) is 0 Å². The van der Waals surface area contributed by atoms with Crippen LogP contribution in [0.15, 0.2) is 0 Å². The molecule has 1 N–H and O–H groups in total. The molecule has 4 nitrogen and oxygen atoms in total. The normalized spacial score (nSPS) is 33.4. The fourth-order valence-corrected chi connectivity index (χ4v) is 2.88. The molecule has 0 bridgehead atoms. The Kier molecular flexibility index (Phi) is 3.34. The van der Waals surface area contributed by atoms with Gasteiger partial charge in [0.1, 0.15) is 5.60 Å². The van der Waals surface area contributed by atoms with Crippen LogP contribution in [0, 0.1) is 11.8 Å². The van der Waals surface area contributed by atoms with Gasteiger partial charge in [-0.2, -0.15) is 0 Å². The monoisotopic (exact) mass is 241 g/mol. The first kappa shape index (κ1) is 12.7. The highest BCUT2D eigenvalue weighted by Gasteiger charge is 2.40. The molecule has 1 unspecified atom stereocenters. The first-order chi connectivity index (χ1) is 7.85. The molecular formula is C13H23NO3. The second-order valence-corrected chi connectivity index (χ2v) is 6.37. The van der Waals surface area contributed by atoms with Crippen LogP contribution in [-0.2, 0) is 4.74 Å². The summed E-state index contributed by atoms with van der Waals surface area (Å²) < 4.78 is 5.38. The van der Waals surface area contributed by atoms with Gasteiger partial charge in [0.2, 0.25) is 0 Å². The van der Waals surface area contributed by atoms with Crippen molar-refractivity contribution in [3.63, 3.8) is 0 Å². The molecule has 0 spiro atoms. The lowest BCUT2D eigenvalue weighted by Gasteiger charge is -2.27. The van der Waals surface area contributed by atoms with E-state index in [1.54, 1.807) is 4.90 Å². The zero-order chi connectivity index (χ0) is 12.6. The molecule has 3 atom stereocenters. The van der Waals surface area contributed by atoms with Crippen molar-refractivity contribution in [2.45, 2.75) is 51.7 Å². The molecule has 0 aromatic rings. The number of carbonyl (C=O) groups excluding carboxylic acids is 1. The lowest BCUT2D eigenvalue weighted by atomic mass is 9.80. The van der Waals surface area contributed by atoms with Crippen LogP contribution in [0.4, 0.5) is 4.79 Å². The molecule has 1 amide bonds. The van der Waals surface area contributed by atoms with Crippen LogP contribution in [0.3, 0.4) is 0 Å². The van der Waals surface area contributed by atoms with Gasteiger partial charge in [0.25, 0.3) is 0 Å². The molecule has 1 aliphatic heterocycles. The average Bonchev–Trinajstić information content (AvgIpc) is 2.57. The van der Waals surface area contributed by atoms with Crippen molar-refractivity contribution in [3.05, 3.63) is 0 Å². The Hall–Kier alpha value is -0.770. The topological polar surface area (TPSA) is 49.8 Å². The molecule has 0 aromatic carbocycles. The predicted octanol–water partition coefficient (Wildman–Crippen LogP) is 2.01. The van der Waals surface area contributed by atoms with E-state index < -0.39 is 5.60 Å². The lowest BCUT2D eigenvalue weighted by Crippen LogP contribution is -2.35. The number of amides is 1. The fourth-order valence-electron chi connectivity index (χ4n) is 2.88. The van der Waals surface area contributed by atoms with Gasteiger partial charge < -0.3 is 14.7 Å². The van der Waals surface area contributed by atoms with Crippen LogP contribution in [-0.4, -0.2) is 40.9 Å². The Bertz CT molecular complexity index is 298. The molecular weight excluding hydrogens is 218 g/mol. The maximum Gasteiger partial charge on any atom is 0.410 e. The van der Waals surface area contributed by atoms with Gasteiger partial charge in [-0.25, -0.2) is 4.79 Å². The van der Waals surface area contributed by atoms with Crippen molar-refractivity contribution >= 4 is 6.09 Å². The first-order valence-electron chi connectivity index (χ1n) is 6.51. The molecule has 2 fully saturated rings. The van der Waals surface area contributed by atoms with E-state index in [1.165, 1.54) is 0 Å². The van der Waals surface area contributed by atoms with E-state index in [0.29, 0.717) is 11.8 Å². The zero-order valence-electron chi connectivity index (χ0n) is 11.0. The van der Waals surface area contributed by atoms with Gasteiger partial charge in [0.05, 0.1) is 6.10 Å². The minimum Gasteiger partial charge on any atom is -0.444 e. The van der Waals surface area contributed by atoms with Crippen molar-refractivity contribution in [1.82, 2.24) is 4.90 Å². The van der Waals surface area contributed by atoms with Gasteiger partial charge in [0.15, 0.2) is 0 Å². The summed E-state index contributed by atoms with van der Waals surface area (Å²) in [6, 6.07) is 0. The number of aliphatic hydroxyl groups excluding tert-OH is 1. The number of nitrogens with zero attached hydrogens (tertiary/aromatic N) is 1. The summed E-state index contributed by atoms with van der Waals surface area (Å²) in [4.78, 5) is 13.7. The van der Waals surface area contributed by atoms with Crippen LogP contribution >= 0.6 is 0 Å². The molecule has 2 rings (SSSR count). The molecule has 0 radical (unpaired) electrons. The van der Waals surface area contributed by atoms with Gasteiger partial charge in [-0.3, -0.25) is 0 Å². The first-order valence-corrected chi connectivity index (χ1v) is 6.51. The Morgan fingerprint density at radius 2 is 1.88 bits per heavy atom. The lowest BCUT2D eigenvalue weighted by molar-refractivity contribution is 0.0282. The van der Waals surface area contributed by atoms with Gasteiger partial charge >= 0.3 is 6.09 Å². The molecule has 0 aromatic heterocycles. The van der Waals surface area contributed by atoms with Crippen LogP contribution in [0.2, 0.25) is 0 Å². The predicted molar refractivity (Wildman–Crippen MR) is 64.6 cm³/mol. The van der Waals surface area contributed by atoms with Gasteiger partial charge in [-0.05, 0) is 51.9 Å². The maximum atomic E-state index is 11.9. The quantitative estimate of drug-likeness (QED) is 0.706. The molecule has 1 saturated heterocycles. The summed E-state index contributed by atoms with van der Waals surface area (Å²) in [7, 11) is 0. The van der Waals surface area contributed by atoms with Crippen molar-refractivity contribution in [2.75, 3.05) is 13.1 Å². The Morgan fingerprint density at radius 1 is 1.24 bits per heavy atom. The second kappa shape index (κ2) is 4.48. The average molecular weight is 241 g/mol. The third kappa shape index (κ3) is 3.12. The molecule has 1 heterocycles. The van der Waals surface area contributed by atoms with Crippen molar-refractivity contribution < 1.29 is 14.6 Å².